The molecule has 0 amide bonds. The second kappa shape index (κ2) is 6.26. The van der Waals surface area contributed by atoms with Gasteiger partial charge in [-0.25, -0.2) is 9.18 Å². The molecule has 1 rings (SSSR count). The van der Waals surface area contributed by atoms with E-state index in [9.17, 15) is 14.0 Å². The van der Waals surface area contributed by atoms with Crippen molar-refractivity contribution in [2.45, 2.75) is 13.1 Å². The van der Waals surface area contributed by atoms with Crippen LogP contribution in [-0.4, -0.2) is 24.5 Å². The maximum Gasteiger partial charge on any atom is 0.349 e. The number of carbonyl (C=O) groups is 2. The maximum absolute atomic E-state index is 13.5. The molecule has 1 aromatic carbocycles. The van der Waals surface area contributed by atoms with Crippen LogP contribution in [0.2, 0.25) is 0 Å². The summed E-state index contributed by atoms with van der Waals surface area (Å²) in [6.07, 6.45) is -2.29. The van der Waals surface area contributed by atoms with E-state index in [0.29, 0.717) is 8.95 Å². The van der Waals surface area contributed by atoms with Gasteiger partial charge in [0.05, 0.1) is 6.61 Å². The standard InChI is InChI=1S/C11H9Br2FO3/c1-2-17-11(16)9(14)10(15)7-5-6(12)3-4-8(7)13/h3-5,9H,2H2,1H3. The smallest absolute Gasteiger partial charge is 0.349 e. The van der Waals surface area contributed by atoms with Crippen molar-refractivity contribution >= 4 is 43.6 Å². The quantitative estimate of drug-likeness (QED) is 0.466. The van der Waals surface area contributed by atoms with Crippen LogP contribution in [0.3, 0.4) is 0 Å². The summed E-state index contributed by atoms with van der Waals surface area (Å²) in [6, 6.07) is 4.73. The van der Waals surface area contributed by atoms with E-state index in [1.807, 2.05) is 0 Å². The molecular formula is C11H9Br2FO3. The van der Waals surface area contributed by atoms with Gasteiger partial charge in [0.25, 0.3) is 6.17 Å². The molecule has 1 aromatic rings. The number of ketones is 1. The Labute approximate surface area is 115 Å². The Balaban J connectivity index is 2.96. The van der Waals surface area contributed by atoms with E-state index >= 15 is 0 Å². The third kappa shape index (κ3) is 3.61. The fourth-order valence-electron chi connectivity index (χ4n) is 1.15. The predicted molar refractivity (Wildman–Crippen MR) is 67.7 cm³/mol. The van der Waals surface area contributed by atoms with Gasteiger partial charge in [-0.1, -0.05) is 31.9 Å². The van der Waals surface area contributed by atoms with Gasteiger partial charge in [-0.15, -0.1) is 0 Å². The van der Waals surface area contributed by atoms with E-state index in [2.05, 4.69) is 36.6 Å². The molecule has 1 unspecified atom stereocenters. The lowest BCUT2D eigenvalue weighted by Gasteiger charge is -2.08. The molecule has 17 heavy (non-hydrogen) atoms. The molecule has 0 bridgehead atoms. The molecule has 0 N–H and O–H groups in total. The SMILES string of the molecule is CCOC(=O)C(F)C(=O)c1cc(Br)ccc1Br. The Morgan fingerprint density at radius 1 is 1.41 bits per heavy atom. The van der Waals surface area contributed by atoms with Crippen LogP contribution in [0.25, 0.3) is 0 Å². The molecule has 0 saturated heterocycles. The zero-order chi connectivity index (χ0) is 13.0. The Hall–Kier alpha value is -0.750. The minimum atomic E-state index is -2.29. The number of rotatable bonds is 4. The van der Waals surface area contributed by atoms with Crippen LogP contribution in [0, 0.1) is 0 Å². The number of hydrogen-bond donors (Lipinski definition) is 0. The van der Waals surface area contributed by atoms with Gasteiger partial charge in [0.2, 0.25) is 5.78 Å². The number of benzene rings is 1. The highest BCUT2D eigenvalue weighted by atomic mass is 79.9. The second-order valence-corrected chi connectivity index (χ2v) is 4.87. The minimum absolute atomic E-state index is 0.0339. The summed E-state index contributed by atoms with van der Waals surface area (Å²) in [5.74, 6) is -2.08. The number of hydrogen-bond acceptors (Lipinski definition) is 3. The molecule has 0 radical (unpaired) electrons. The zero-order valence-corrected chi connectivity index (χ0v) is 12.0. The molecule has 3 nitrogen and oxygen atoms in total. The van der Waals surface area contributed by atoms with E-state index in [4.69, 9.17) is 0 Å². The molecule has 0 fully saturated rings. The first-order chi connectivity index (χ1) is 7.97. The van der Waals surface area contributed by atoms with Gasteiger partial charge >= 0.3 is 5.97 Å². The molecular weight excluding hydrogens is 359 g/mol. The van der Waals surface area contributed by atoms with Crippen molar-refractivity contribution in [1.29, 1.82) is 0 Å². The number of alkyl halides is 1. The van der Waals surface area contributed by atoms with E-state index in [1.165, 1.54) is 6.07 Å². The first-order valence-corrected chi connectivity index (χ1v) is 6.36. The molecule has 0 aliphatic rings. The average Bonchev–Trinajstić information content (AvgIpc) is 2.30. The summed E-state index contributed by atoms with van der Waals surface area (Å²) < 4.78 is 19.0. The van der Waals surface area contributed by atoms with Crippen molar-refractivity contribution in [3.05, 3.63) is 32.7 Å². The lowest BCUT2D eigenvalue weighted by atomic mass is 10.1. The monoisotopic (exact) mass is 366 g/mol. The third-order valence-corrected chi connectivity index (χ3v) is 3.10. The van der Waals surface area contributed by atoms with Crippen LogP contribution in [0.5, 0.6) is 0 Å². The number of ether oxygens (including phenoxy) is 1. The number of esters is 1. The van der Waals surface area contributed by atoms with Crippen LogP contribution in [0.4, 0.5) is 4.39 Å². The van der Waals surface area contributed by atoms with Crippen molar-refractivity contribution in [1.82, 2.24) is 0 Å². The van der Waals surface area contributed by atoms with E-state index in [-0.39, 0.29) is 12.2 Å². The fraction of sp³-hybridized carbons (Fsp3) is 0.273. The summed E-state index contributed by atoms with van der Waals surface area (Å²) in [6.45, 7) is 1.58. The van der Waals surface area contributed by atoms with Crippen molar-refractivity contribution in [2.75, 3.05) is 6.61 Å². The largest absolute Gasteiger partial charge is 0.463 e. The van der Waals surface area contributed by atoms with E-state index in [0.717, 1.165) is 0 Å². The number of halogens is 3. The highest BCUT2D eigenvalue weighted by Gasteiger charge is 2.29. The Bertz CT molecular complexity index is 448. The molecule has 0 saturated carbocycles. The Morgan fingerprint density at radius 2 is 2.06 bits per heavy atom. The summed E-state index contributed by atoms with van der Waals surface area (Å²) in [7, 11) is 0. The van der Waals surface area contributed by atoms with E-state index in [1.54, 1.807) is 19.1 Å². The molecule has 0 aliphatic carbocycles. The zero-order valence-electron chi connectivity index (χ0n) is 8.88. The maximum atomic E-state index is 13.5. The van der Waals surface area contributed by atoms with Crippen molar-refractivity contribution in [3.8, 4) is 0 Å². The van der Waals surface area contributed by atoms with Gasteiger partial charge in [0.15, 0.2) is 0 Å². The first-order valence-electron chi connectivity index (χ1n) is 4.77. The van der Waals surface area contributed by atoms with Gasteiger partial charge in [0.1, 0.15) is 0 Å². The van der Waals surface area contributed by atoms with E-state index < -0.39 is 17.9 Å². The van der Waals surface area contributed by atoms with Gasteiger partial charge in [-0.05, 0) is 25.1 Å². The lowest BCUT2D eigenvalue weighted by molar-refractivity contribution is -0.147. The van der Waals surface area contributed by atoms with Crippen LogP contribution in [-0.2, 0) is 9.53 Å². The number of carbonyl (C=O) groups excluding carboxylic acids is 2. The molecule has 0 aliphatic heterocycles. The summed E-state index contributed by atoms with van der Waals surface area (Å²) in [5, 5.41) is 0. The van der Waals surface area contributed by atoms with Gasteiger partial charge in [0, 0.05) is 14.5 Å². The number of Topliss-reactive ketones (excluding diaryl/α,β-unsaturated/α-hetero) is 1. The average molecular weight is 368 g/mol. The van der Waals surface area contributed by atoms with Crippen molar-refractivity contribution in [2.24, 2.45) is 0 Å². The van der Waals surface area contributed by atoms with Gasteiger partial charge in [-0.2, -0.15) is 0 Å². The van der Waals surface area contributed by atoms with Crippen LogP contribution >= 0.6 is 31.9 Å². The molecule has 92 valence electrons. The molecule has 6 heteroatoms. The Morgan fingerprint density at radius 3 is 2.65 bits per heavy atom. The fourth-order valence-corrected chi connectivity index (χ4v) is 1.95. The summed E-state index contributed by atoms with van der Waals surface area (Å²) in [5.41, 5.74) is 0.0972. The molecule has 0 spiro atoms. The van der Waals surface area contributed by atoms with Crippen LogP contribution in [0.15, 0.2) is 27.1 Å². The van der Waals surface area contributed by atoms with Crippen LogP contribution in [0.1, 0.15) is 17.3 Å². The van der Waals surface area contributed by atoms with Crippen molar-refractivity contribution in [3.63, 3.8) is 0 Å². The van der Waals surface area contributed by atoms with Crippen molar-refractivity contribution < 1.29 is 18.7 Å². The third-order valence-electron chi connectivity index (χ3n) is 1.92. The molecule has 0 aromatic heterocycles. The minimum Gasteiger partial charge on any atom is -0.463 e. The molecule has 0 heterocycles. The van der Waals surface area contributed by atoms with Gasteiger partial charge in [-0.3, -0.25) is 4.79 Å². The topological polar surface area (TPSA) is 43.4 Å². The molecule has 1 atom stereocenters. The highest BCUT2D eigenvalue weighted by molar-refractivity contribution is 9.11. The Kier molecular flexibility index (Phi) is 5.27. The highest BCUT2D eigenvalue weighted by Crippen LogP contribution is 2.23. The lowest BCUT2D eigenvalue weighted by Crippen LogP contribution is -2.28. The van der Waals surface area contributed by atoms with Crippen LogP contribution < -0.4 is 0 Å². The predicted octanol–water partition coefficient (Wildman–Crippen LogP) is 3.30. The normalized spacial score (nSPS) is 12.0. The summed E-state index contributed by atoms with van der Waals surface area (Å²) >= 11 is 6.30. The summed E-state index contributed by atoms with van der Waals surface area (Å²) in [4.78, 5) is 22.8. The van der Waals surface area contributed by atoms with Gasteiger partial charge < -0.3 is 4.74 Å². The second-order valence-electron chi connectivity index (χ2n) is 3.10. The first kappa shape index (κ1) is 14.3.